The number of likely N-dealkylation sites (tertiary alicyclic amines) is 1. The first-order chi connectivity index (χ1) is 16.5. The SMILES string of the molecule is Cc1cnc(SCCN2CCOCC2)nc1[C@@H]1CCCN(C(=O)c2ccc(OC(C)C)cc2)C1. The molecule has 0 bridgehead atoms. The molecule has 184 valence electrons. The summed E-state index contributed by atoms with van der Waals surface area (Å²) >= 11 is 1.71. The van der Waals surface area contributed by atoms with Gasteiger partial charge in [-0.3, -0.25) is 9.69 Å². The molecule has 1 atom stereocenters. The Bertz CT molecular complexity index is 948. The van der Waals surface area contributed by atoms with Crippen LogP contribution in [0.1, 0.15) is 54.2 Å². The average Bonchev–Trinajstić information content (AvgIpc) is 2.85. The molecule has 0 radical (unpaired) electrons. The number of piperidine rings is 1. The molecule has 2 saturated heterocycles. The molecule has 3 heterocycles. The summed E-state index contributed by atoms with van der Waals surface area (Å²) in [5.74, 6) is 2.07. The lowest BCUT2D eigenvalue weighted by molar-refractivity contribution is 0.0410. The van der Waals surface area contributed by atoms with Gasteiger partial charge in [0.05, 0.1) is 25.0 Å². The summed E-state index contributed by atoms with van der Waals surface area (Å²) in [5.41, 5.74) is 2.89. The van der Waals surface area contributed by atoms with E-state index in [1.54, 1.807) is 11.8 Å². The number of rotatable bonds is 8. The number of amides is 1. The third-order valence-corrected chi connectivity index (χ3v) is 7.14. The number of thioether (sulfide) groups is 1. The number of hydrogen-bond acceptors (Lipinski definition) is 7. The van der Waals surface area contributed by atoms with E-state index in [0.29, 0.717) is 12.1 Å². The maximum Gasteiger partial charge on any atom is 0.253 e. The van der Waals surface area contributed by atoms with E-state index in [0.717, 1.165) is 80.2 Å². The first-order valence-corrected chi connectivity index (χ1v) is 13.3. The minimum absolute atomic E-state index is 0.0765. The van der Waals surface area contributed by atoms with Crippen molar-refractivity contribution in [3.8, 4) is 5.75 Å². The molecule has 1 aromatic heterocycles. The quantitative estimate of drug-likeness (QED) is 0.414. The van der Waals surface area contributed by atoms with Crippen LogP contribution >= 0.6 is 11.8 Å². The van der Waals surface area contributed by atoms with Gasteiger partial charge in [0.25, 0.3) is 5.91 Å². The number of carbonyl (C=O) groups excluding carboxylic acids is 1. The Morgan fingerprint density at radius 3 is 2.71 bits per heavy atom. The number of carbonyl (C=O) groups is 1. The highest BCUT2D eigenvalue weighted by molar-refractivity contribution is 7.99. The Balaban J connectivity index is 1.37. The summed E-state index contributed by atoms with van der Waals surface area (Å²) in [6, 6.07) is 7.49. The fraction of sp³-hybridized carbons (Fsp3) is 0.577. The van der Waals surface area contributed by atoms with Crippen molar-refractivity contribution in [2.24, 2.45) is 0 Å². The lowest BCUT2D eigenvalue weighted by Crippen LogP contribution is -2.39. The van der Waals surface area contributed by atoms with Gasteiger partial charge in [-0.05, 0) is 63.4 Å². The fourth-order valence-electron chi connectivity index (χ4n) is 4.53. The van der Waals surface area contributed by atoms with Crippen molar-refractivity contribution in [2.45, 2.75) is 50.8 Å². The molecule has 34 heavy (non-hydrogen) atoms. The van der Waals surface area contributed by atoms with Crippen molar-refractivity contribution in [3.05, 3.63) is 47.3 Å². The lowest BCUT2D eigenvalue weighted by Gasteiger charge is -2.33. The van der Waals surface area contributed by atoms with Crippen LogP contribution in [0.3, 0.4) is 0 Å². The molecular weight excluding hydrogens is 448 g/mol. The Labute approximate surface area is 207 Å². The Morgan fingerprint density at radius 1 is 1.21 bits per heavy atom. The zero-order chi connectivity index (χ0) is 23.9. The molecule has 1 amide bonds. The van der Waals surface area contributed by atoms with Crippen LogP contribution in [-0.4, -0.2) is 83.5 Å². The second kappa shape index (κ2) is 12.0. The summed E-state index contributed by atoms with van der Waals surface area (Å²) in [6.07, 6.45) is 4.07. The predicted molar refractivity (Wildman–Crippen MR) is 135 cm³/mol. The number of nitrogens with zero attached hydrogens (tertiary/aromatic N) is 4. The van der Waals surface area contributed by atoms with Gasteiger partial charge in [0, 0.05) is 56.2 Å². The van der Waals surface area contributed by atoms with E-state index in [2.05, 4.69) is 16.8 Å². The van der Waals surface area contributed by atoms with E-state index in [-0.39, 0.29) is 17.9 Å². The first kappa shape index (κ1) is 24.9. The van der Waals surface area contributed by atoms with Gasteiger partial charge in [-0.15, -0.1) is 0 Å². The molecule has 0 aliphatic carbocycles. The molecule has 0 N–H and O–H groups in total. The highest BCUT2D eigenvalue weighted by Crippen LogP contribution is 2.30. The summed E-state index contributed by atoms with van der Waals surface area (Å²) in [5, 5.41) is 0.832. The monoisotopic (exact) mass is 484 g/mol. The summed E-state index contributed by atoms with van der Waals surface area (Å²) in [4.78, 5) is 27.1. The number of benzene rings is 1. The van der Waals surface area contributed by atoms with Crippen LogP contribution < -0.4 is 4.74 Å². The van der Waals surface area contributed by atoms with Crippen LogP contribution in [0.5, 0.6) is 5.75 Å². The molecule has 1 aromatic carbocycles. The predicted octanol–water partition coefficient (Wildman–Crippen LogP) is 4.02. The van der Waals surface area contributed by atoms with E-state index < -0.39 is 0 Å². The molecular formula is C26H36N4O3S. The van der Waals surface area contributed by atoms with Crippen LogP contribution in [0.25, 0.3) is 0 Å². The molecule has 2 aliphatic rings. The molecule has 0 unspecified atom stereocenters. The van der Waals surface area contributed by atoms with Crippen molar-refractivity contribution in [2.75, 3.05) is 51.7 Å². The van der Waals surface area contributed by atoms with Gasteiger partial charge >= 0.3 is 0 Å². The van der Waals surface area contributed by atoms with Gasteiger partial charge in [0.2, 0.25) is 0 Å². The third kappa shape index (κ3) is 6.71. The van der Waals surface area contributed by atoms with Gasteiger partial charge < -0.3 is 14.4 Å². The number of ether oxygens (including phenoxy) is 2. The van der Waals surface area contributed by atoms with E-state index >= 15 is 0 Å². The van der Waals surface area contributed by atoms with Crippen LogP contribution in [0, 0.1) is 6.92 Å². The lowest BCUT2D eigenvalue weighted by atomic mass is 9.92. The number of aromatic nitrogens is 2. The Kier molecular flexibility index (Phi) is 8.80. The van der Waals surface area contributed by atoms with Gasteiger partial charge in [-0.25, -0.2) is 9.97 Å². The van der Waals surface area contributed by atoms with Crippen molar-refractivity contribution in [1.82, 2.24) is 19.8 Å². The van der Waals surface area contributed by atoms with Crippen molar-refractivity contribution in [3.63, 3.8) is 0 Å². The van der Waals surface area contributed by atoms with E-state index in [4.69, 9.17) is 14.5 Å². The van der Waals surface area contributed by atoms with Gasteiger partial charge in [0.15, 0.2) is 5.16 Å². The summed E-state index contributed by atoms with van der Waals surface area (Å²) in [7, 11) is 0. The minimum atomic E-state index is 0.0765. The van der Waals surface area contributed by atoms with Crippen molar-refractivity contribution >= 4 is 17.7 Å². The summed E-state index contributed by atoms with van der Waals surface area (Å²) < 4.78 is 11.1. The molecule has 8 heteroatoms. The van der Waals surface area contributed by atoms with Gasteiger partial charge in [-0.2, -0.15) is 0 Å². The standard InChI is InChI=1S/C26H36N4O3S/c1-19(2)33-23-8-6-21(7-9-23)25(31)30-10-4-5-22(18-30)24-20(3)17-27-26(28-24)34-16-13-29-11-14-32-15-12-29/h6-9,17,19,22H,4-5,10-16,18H2,1-3H3/t22-/m1/s1. The molecule has 0 spiro atoms. The maximum absolute atomic E-state index is 13.2. The average molecular weight is 485 g/mol. The van der Waals surface area contributed by atoms with E-state index in [9.17, 15) is 4.79 Å². The largest absolute Gasteiger partial charge is 0.491 e. The minimum Gasteiger partial charge on any atom is -0.491 e. The molecule has 4 rings (SSSR count). The van der Waals surface area contributed by atoms with Crippen molar-refractivity contribution in [1.29, 1.82) is 0 Å². The molecule has 0 saturated carbocycles. The zero-order valence-electron chi connectivity index (χ0n) is 20.5. The topological polar surface area (TPSA) is 67.8 Å². The maximum atomic E-state index is 13.2. The summed E-state index contributed by atoms with van der Waals surface area (Å²) in [6.45, 7) is 12.2. The fourth-order valence-corrected chi connectivity index (χ4v) is 5.35. The Morgan fingerprint density at radius 2 is 1.97 bits per heavy atom. The van der Waals surface area contributed by atoms with Crippen LogP contribution in [0.15, 0.2) is 35.6 Å². The zero-order valence-corrected chi connectivity index (χ0v) is 21.4. The number of hydrogen-bond donors (Lipinski definition) is 0. The number of morpholine rings is 1. The highest BCUT2D eigenvalue weighted by Gasteiger charge is 2.28. The highest BCUT2D eigenvalue weighted by atomic mass is 32.2. The normalized spacial score (nSPS) is 19.4. The second-order valence-corrected chi connectivity index (χ2v) is 10.4. The third-order valence-electron chi connectivity index (χ3n) is 6.30. The molecule has 2 fully saturated rings. The van der Waals surface area contributed by atoms with Gasteiger partial charge in [0.1, 0.15) is 5.75 Å². The molecule has 2 aromatic rings. The van der Waals surface area contributed by atoms with Crippen LogP contribution in [0.2, 0.25) is 0 Å². The molecule has 7 nitrogen and oxygen atoms in total. The smallest absolute Gasteiger partial charge is 0.253 e. The molecule has 2 aliphatic heterocycles. The van der Waals surface area contributed by atoms with E-state index in [1.165, 1.54) is 0 Å². The Hall–Kier alpha value is -2.16. The first-order valence-electron chi connectivity index (χ1n) is 12.3. The number of aryl methyl sites for hydroxylation is 1. The van der Waals surface area contributed by atoms with Crippen LogP contribution in [-0.2, 0) is 4.74 Å². The van der Waals surface area contributed by atoms with Gasteiger partial charge in [-0.1, -0.05) is 11.8 Å². The van der Waals surface area contributed by atoms with E-state index in [1.807, 2.05) is 49.2 Å². The second-order valence-electron chi connectivity index (χ2n) is 9.30. The van der Waals surface area contributed by atoms with Crippen molar-refractivity contribution < 1.29 is 14.3 Å². The van der Waals surface area contributed by atoms with Crippen LogP contribution in [0.4, 0.5) is 0 Å².